The van der Waals surface area contributed by atoms with Crippen LogP contribution in [0.4, 0.5) is 0 Å². The number of carbonyl (C=O) groups excluding carboxylic acids is 1. The van der Waals surface area contributed by atoms with Gasteiger partial charge in [0, 0.05) is 30.4 Å². The molecule has 0 saturated carbocycles. The van der Waals surface area contributed by atoms with E-state index in [1.165, 1.54) is 5.56 Å². The van der Waals surface area contributed by atoms with Gasteiger partial charge in [0.15, 0.2) is 0 Å². The van der Waals surface area contributed by atoms with Crippen LogP contribution >= 0.6 is 0 Å². The second kappa shape index (κ2) is 5.87. The molecule has 1 aromatic rings. The molecule has 3 N–H and O–H groups in total. The molecule has 1 aromatic heterocycles. The zero-order valence-electron chi connectivity index (χ0n) is 11.1. The third-order valence-electron chi connectivity index (χ3n) is 2.78. The van der Waals surface area contributed by atoms with Crippen molar-refractivity contribution in [3.05, 3.63) is 24.0 Å². The molecule has 0 spiro atoms. The van der Waals surface area contributed by atoms with E-state index in [4.69, 9.17) is 0 Å². The van der Waals surface area contributed by atoms with Crippen LogP contribution in [0.25, 0.3) is 0 Å². The van der Waals surface area contributed by atoms with Gasteiger partial charge in [0.2, 0.25) is 5.91 Å². The first-order valence-electron chi connectivity index (χ1n) is 6.05. The Hall–Kier alpha value is -1.29. The summed E-state index contributed by atoms with van der Waals surface area (Å²) in [5, 5.41) is 6.05. The van der Waals surface area contributed by atoms with E-state index in [2.05, 4.69) is 29.5 Å². The lowest BCUT2D eigenvalue weighted by atomic mass is 9.86. The average Bonchev–Trinajstić information content (AvgIpc) is 2.77. The molecule has 1 rings (SSSR count). The quantitative estimate of drug-likeness (QED) is 0.700. The molecule has 4 nitrogen and oxygen atoms in total. The van der Waals surface area contributed by atoms with Gasteiger partial charge in [0.1, 0.15) is 0 Å². The monoisotopic (exact) mass is 237 g/mol. The van der Waals surface area contributed by atoms with Gasteiger partial charge in [-0.3, -0.25) is 4.79 Å². The predicted molar refractivity (Wildman–Crippen MR) is 70.0 cm³/mol. The smallest absolute Gasteiger partial charge is 0.233 e. The minimum absolute atomic E-state index is 0.0438. The normalized spacial score (nSPS) is 11.8. The Morgan fingerprint density at radius 3 is 2.71 bits per heavy atom. The van der Waals surface area contributed by atoms with Crippen molar-refractivity contribution in [1.29, 1.82) is 0 Å². The molecular formula is C13H23N3O. The maximum atomic E-state index is 11.6. The number of rotatable bonds is 6. The van der Waals surface area contributed by atoms with E-state index >= 15 is 0 Å². The first-order chi connectivity index (χ1) is 7.92. The van der Waals surface area contributed by atoms with Crippen LogP contribution in [0.2, 0.25) is 0 Å². The Balaban J connectivity index is 2.37. The fourth-order valence-corrected chi connectivity index (χ4v) is 1.53. The van der Waals surface area contributed by atoms with Gasteiger partial charge in [-0.1, -0.05) is 27.7 Å². The molecule has 0 aliphatic rings. The summed E-state index contributed by atoms with van der Waals surface area (Å²) in [7, 11) is 0. The largest absolute Gasteiger partial charge is 0.367 e. The average molecular weight is 237 g/mol. The number of H-pyrrole nitrogens is 1. The number of hydrogen-bond donors (Lipinski definition) is 3. The Kier molecular flexibility index (Phi) is 4.75. The van der Waals surface area contributed by atoms with E-state index in [1.54, 1.807) is 0 Å². The van der Waals surface area contributed by atoms with Gasteiger partial charge in [-0.15, -0.1) is 0 Å². The second-order valence-corrected chi connectivity index (χ2v) is 5.30. The van der Waals surface area contributed by atoms with Crippen molar-refractivity contribution in [3.8, 4) is 0 Å². The topological polar surface area (TPSA) is 56.9 Å². The molecule has 1 amide bonds. The zero-order valence-corrected chi connectivity index (χ0v) is 11.1. The SMILES string of the molecule is CC(C)NCC(=O)NCC(C)(C)c1cc[nH]c1. The van der Waals surface area contributed by atoms with Crippen molar-refractivity contribution in [2.75, 3.05) is 13.1 Å². The molecular weight excluding hydrogens is 214 g/mol. The van der Waals surface area contributed by atoms with Gasteiger partial charge in [-0.2, -0.15) is 0 Å². The van der Waals surface area contributed by atoms with Gasteiger partial charge in [0.25, 0.3) is 0 Å². The molecule has 0 radical (unpaired) electrons. The summed E-state index contributed by atoms with van der Waals surface area (Å²) < 4.78 is 0. The summed E-state index contributed by atoms with van der Waals surface area (Å²) in [4.78, 5) is 14.6. The lowest BCUT2D eigenvalue weighted by Crippen LogP contribution is -2.42. The number of aromatic amines is 1. The number of hydrogen-bond acceptors (Lipinski definition) is 2. The van der Waals surface area contributed by atoms with E-state index in [0.29, 0.717) is 19.1 Å². The van der Waals surface area contributed by atoms with Gasteiger partial charge < -0.3 is 15.6 Å². The van der Waals surface area contributed by atoms with Crippen LogP contribution in [-0.4, -0.2) is 30.0 Å². The highest BCUT2D eigenvalue weighted by Gasteiger charge is 2.21. The summed E-state index contributed by atoms with van der Waals surface area (Å²) >= 11 is 0. The molecule has 0 fully saturated rings. The first kappa shape index (κ1) is 13.8. The Morgan fingerprint density at radius 2 is 2.18 bits per heavy atom. The fraction of sp³-hybridized carbons (Fsp3) is 0.615. The summed E-state index contributed by atoms with van der Waals surface area (Å²) in [6, 6.07) is 2.37. The predicted octanol–water partition coefficient (Wildman–Crippen LogP) is 1.41. The van der Waals surface area contributed by atoms with Crippen molar-refractivity contribution in [1.82, 2.24) is 15.6 Å². The van der Waals surface area contributed by atoms with E-state index in [1.807, 2.05) is 32.3 Å². The molecule has 17 heavy (non-hydrogen) atoms. The van der Waals surface area contributed by atoms with Gasteiger partial charge in [-0.25, -0.2) is 0 Å². The van der Waals surface area contributed by atoms with Crippen LogP contribution in [0.1, 0.15) is 33.3 Å². The molecule has 0 aliphatic heterocycles. The van der Waals surface area contributed by atoms with Crippen molar-refractivity contribution in [3.63, 3.8) is 0 Å². The van der Waals surface area contributed by atoms with E-state index < -0.39 is 0 Å². The Labute approximate surface area is 103 Å². The number of carbonyl (C=O) groups is 1. The van der Waals surface area contributed by atoms with Crippen LogP contribution in [0.5, 0.6) is 0 Å². The van der Waals surface area contributed by atoms with Crippen molar-refractivity contribution < 1.29 is 4.79 Å². The number of aromatic nitrogens is 1. The number of amides is 1. The summed E-state index contributed by atoms with van der Waals surface area (Å²) in [6.45, 7) is 9.30. The van der Waals surface area contributed by atoms with E-state index in [-0.39, 0.29) is 11.3 Å². The molecule has 0 aliphatic carbocycles. The van der Waals surface area contributed by atoms with Crippen LogP contribution in [0, 0.1) is 0 Å². The molecule has 0 atom stereocenters. The summed E-state index contributed by atoms with van der Waals surface area (Å²) in [5.41, 5.74) is 1.16. The van der Waals surface area contributed by atoms with E-state index in [0.717, 1.165) is 0 Å². The highest BCUT2D eigenvalue weighted by molar-refractivity contribution is 5.78. The molecule has 0 aromatic carbocycles. The summed E-state index contributed by atoms with van der Waals surface area (Å²) in [6.07, 6.45) is 3.87. The lowest BCUT2D eigenvalue weighted by Gasteiger charge is -2.24. The zero-order chi connectivity index (χ0) is 12.9. The van der Waals surface area contributed by atoms with Gasteiger partial charge in [0.05, 0.1) is 6.54 Å². The Bertz CT molecular complexity index is 342. The third kappa shape index (κ3) is 4.61. The lowest BCUT2D eigenvalue weighted by molar-refractivity contribution is -0.120. The second-order valence-electron chi connectivity index (χ2n) is 5.30. The minimum Gasteiger partial charge on any atom is -0.367 e. The van der Waals surface area contributed by atoms with Crippen molar-refractivity contribution in [2.45, 2.75) is 39.2 Å². The molecule has 0 saturated heterocycles. The first-order valence-corrected chi connectivity index (χ1v) is 6.05. The standard InChI is InChI=1S/C13H23N3O/c1-10(2)15-8-12(17)16-9-13(3,4)11-5-6-14-7-11/h5-7,10,14-15H,8-9H2,1-4H3,(H,16,17). The maximum Gasteiger partial charge on any atom is 0.233 e. The maximum absolute atomic E-state index is 11.6. The Morgan fingerprint density at radius 1 is 1.47 bits per heavy atom. The van der Waals surface area contributed by atoms with Gasteiger partial charge in [-0.05, 0) is 11.6 Å². The molecule has 1 heterocycles. The molecule has 96 valence electrons. The molecule has 4 heteroatoms. The fourth-order valence-electron chi connectivity index (χ4n) is 1.53. The third-order valence-corrected chi connectivity index (χ3v) is 2.78. The number of nitrogens with one attached hydrogen (secondary N) is 3. The van der Waals surface area contributed by atoms with Crippen LogP contribution in [-0.2, 0) is 10.2 Å². The molecule has 0 unspecified atom stereocenters. The van der Waals surface area contributed by atoms with Crippen LogP contribution < -0.4 is 10.6 Å². The highest BCUT2D eigenvalue weighted by atomic mass is 16.1. The van der Waals surface area contributed by atoms with Gasteiger partial charge >= 0.3 is 0 Å². The van der Waals surface area contributed by atoms with Crippen molar-refractivity contribution in [2.24, 2.45) is 0 Å². The highest BCUT2D eigenvalue weighted by Crippen LogP contribution is 2.21. The van der Waals surface area contributed by atoms with Crippen molar-refractivity contribution >= 4 is 5.91 Å². The summed E-state index contributed by atoms with van der Waals surface area (Å²) in [5.74, 6) is 0.0438. The molecule has 0 bridgehead atoms. The minimum atomic E-state index is -0.0481. The van der Waals surface area contributed by atoms with Crippen LogP contribution in [0.3, 0.4) is 0 Å². The van der Waals surface area contributed by atoms with E-state index in [9.17, 15) is 4.79 Å². The van der Waals surface area contributed by atoms with Crippen LogP contribution in [0.15, 0.2) is 18.5 Å².